The Hall–Kier alpha value is -0.690. The van der Waals surface area contributed by atoms with Gasteiger partial charge in [0.15, 0.2) is 5.96 Å². The van der Waals surface area contributed by atoms with E-state index < -0.39 is 0 Å². The van der Waals surface area contributed by atoms with Crippen molar-refractivity contribution in [2.45, 2.75) is 39.3 Å². The summed E-state index contributed by atoms with van der Waals surface area (Å²) in [5.41, 5.74) is 5.70. The number of nitrogens with one attached hydrogen (secondary N) is 1. The van der Waals surface area contributed by atoms with Crippen LogP contribution in [0.5, 0.6) is 5.75 Å². The Morgan fingerprint density at radius 2 is 2.10 bits per heavy atom. The van der Waals surface area contributed by atoms with E-state index in [0.29, 0.717) is 17.5 Å². The van der Waals surface area contributed by atoms with E-state index in [-0.39, 0.29) is 35.6 Å². The maximum atomic E-state index is 5.89. The number of halogens is 2. The van der Waals surface area contributed by atoms with Crippen LogP contribution in [0.1, 0.15) is 27.7 Å². The van der Waals surface area contributed by atoms with Crippen LogP contribution in [0.2, 0.25) is 5.02 Å². The molecule has 0 aliphatic carbocycles. The van der Waals surface area contributed by atoms with E-state index in [9.17, 15) is 0 Å². The molecular formula is C14H23ClIN3O. The van der Waals surface area contributed by atoms with Crippen molar-refractivity contribution in [3.8, 4) is 5.75 Å². The summed E-state index contributed by atoms with van der Waals surface area (Å²) in [4.78, 5) is 4.25. The van der Waals surface area contributed by atoms with E-state index in [1.165, 1.54) is 0 Å². The van der Waals surface area contributed by atoms with Gasteiger partial charge < -0.3 is 15.8 Å². The summed E-state index contributed by atoms with van der Waals surface area (Å²) in [5, 5.41) is 3.75. The third kappa shape index (κ3) is 8.47. The summed E-state index contributed by atoms with van der Waals surface area (Å²) in [6.45, 7) is 8.51. The second kappa shape index (κ2) is 8.56. The zero-order valence-corrected chi connectivity index (χ0v) is 15.4. The van der Waals surface area contributed by atoms with Crippen LogP contribution in [0.15, 0.2) is 29.3 Å². The highest BCUT2D eigenvalue weighted by Gasteiger charge is 2.10. The maximum absolute atomic E-state index is 5.89. The van der Waals surface area contributed by atoms with Crippen LogP contribution in [-0.4, -0.2) is 24.1 Å². The van der Waals surface area contributed by atoms with Crippen LogP contribution in [0.25, 0.3) is 0 Å². The number of benzene rings is 1. The van der Waals surface area contributed by atoms with Gasteiger partial charge in [0.05, 0.1) is 6.54 Å². The molecule has 0 fully saturated rings. The number of hydrogen-bond donors (Lipinski definition) is 2. The van der Waals surface area contributed by atoms with Gasteiger partial charge in [-0.2, -0.15) is 0 Å². The highest BCUT2D eigenvalue weighted by molar-refractivity contribution is 14.0. The molecule has 0 saturated carbocycles. The third-order valence-corrected chi connectivity index (χ3v) is 2.39. The minimum Gasteiger partial charge on any atom is -0.489 e. The average Bonchev–Trinajstić information content (AvgIpc) is 2.24. The predicted octanol–water partition coefficient (Wildman–Crippen LogP) is 3.43. The molecule has 20 heavy (non-hydrogen) atoms. The lowest BCUT2D eigenvalue weighted by Gasteiger charge is -2.21. The molecule has 0 aliphatic rings. The topological polar surface area (TPSA) is 59.6 Å². The van der Waals surface area contributed by atoms with Gasteiger partial charge in [-0.25, -0.2) is 4.99 Å². The lowest BCUT2D eigenvalue weighted by Crippen LogP contribution is -2.45. The van der Waals surface area contributed by atoms with Crippen LogP contribution in [0.3, 0.4) is 0 Å². The van der Waals surface area contributed by atoms with Gasteiger partial charge in [-0.3, -0.25) is 0 Å². The van der Waals surface area contributed by atoms with Crippen molar-refractivity contribution in [3.05, 3.63) is 29.3 Å². The van der Waals surface area contributed by atoms with Gasteiger partial charge in [-0.1, -0.05) is 17.7 Å². The summed E-state index contributed by atoms with van der Waals surface area (Å²) < 4.78 is 5.70. The van der Waals surface area contributed by atoms with Crippen LogP contribution < -0.4 is 15.8 Å². The Kier molecular flexibility index (Phi) is 8.27. The number of nitrogens with zero attached hydrogens (tertiary/aromatic N) is 1. The van der Waals surface area contributed by atoms with Crippen molar-refractivity contribution >= 4 is 41.5 Å². The number of hydrogen-bond acceptors (Lipinski definition) is 2. The molecule has 1 rings (SSSR count). The normalized spacial score (nSPS) is 13.3. The van der Waals surface area contributed by atoms with Crippen molar-refractivity contribution in [2.75, 3.05) is 6.54 Å². The van der Waals surface area contributed by atoms with E-state index in [2.05, 4.69) is 10.3 Å². The van der Waals surface area contributed by atoms with E-state index in [1.807, 2.05) is 45.9 Å². The summed E-state index contributed by atoms with van der Waals surface area (Å²) in [6, 6.07) is 7.30. The van der Waals surface area contributed by atoms with E-state index >= 15 is 0 Å². The molecule has 1 aromatic carbocycles. The Morgan fingerprint density at radius 1 is 1.45 bits per heavy atom. The first-order valence-corrected chi connectivity index (χ1v) is 6.64. The lowest BCUT2D eigenvalue weighted by molar-refractivity contribution is 0.230. The van der Waals surface area contributed by atoms with Crippen LogP contribution >= 0.6 is 35.6 Å². The average molecular weight is 412 g/mol. The van der Waals surface area contributed by atoms with Gasteiger partial charge in [0.25, 0.3) is 0 Å². The van der Waals surface area contributed by atoms with Crippen LogP contribution in [-0.2, 0) is 0 Å². The number of ether oxygens (including phenoxy) is 1. The Balaban J connectivity index is 0.00000361. The first-order chi connectivity index (χ1) is 8.76. The molecule has 0 radical (unpaired) electrons. The molecule has 0 aromatic heterocycles. The summed E-state index contributed by atoms with van der Waals surface area (Å²) in [6.07, 6.45) is -0.0706. The van der Waals surface area contributed by atoms with Gasteiger partial charge in [-0.15, -0.1) is 24.0 Å². The van der Waals surface area contributed by atoms with Gasteiger partial charge in [0.1, 0.15) is 11.9 Å². The zero-order valence-electron chi connectivity index (χ0n) is 12.3. The molecule has 0 spiro atoms. The first-order valence-electron chi connectivity index (χ1n) is 6.26. The number of guanidine groups is 1. The highest BCUT2D eigenvalue weighted by Crippen LogP contribution is 2.18. The van der Waals surface area contributed by atoms with Crippen molar-refractivity contribution < 1.29 is 4.74 Å². The standard InChI is InChI=1S/C14H22ClN3O.HI/c1-10(9-17-13(16)18-14(2,3)4)19-12-7-5-6-11(15)8-12;/h5-8,10H,9H2,1-4H3,(H3,16,17,18);1H. The van der Waals surface area contributed by atoms with Crippen molar-refractivity contribution in [1.29, 1.82) is 0 Å². The minimum atomic E-state index is -0.0926. The van der Waals surface area contributed by atoms with E-state index in [1.54, 1.807) is 6.07 Å². The summed E-state index contributed by atoms with van der Waals surface area (Å²) in [5.74, 6) is 1.16. The van der Waals surface area contributed by atoms with Crippen molar-refractivity contribution in [3.63, 3.8) is 0 Å². The summed E-state index contributed by atoms with van der Waals surface area (Å²) in [7, 11) is 0. The first kappa shape index (κ1) is 19.3. The monoisotopic (exact) mass is 411 g/mol. The molecule has 1 unspecified atom stereocenters. The number of nitrogens with two attached hydrogens (primary N) is 1. The van der Waals surface area contributed by atoms with E-state index in [4.69, 9.17) is 22.1 Å². The van der Waals surface area contributed by atoms with Gasteiger partial charge in [0, 0.05) is 10.6 Å². The van der Waals surface area contributed by atoms with Gasteiger partial charge in [0.2, 0.25) is 0 Å². The molecule has 0 aliphatic heterocycles. The molecule has 4 nitrogen and oxygen atoms in total. The van der Waals surface area contributed by atoms with Gasteiger partial charge >= 0.3 is 0 Å². The van der Waals surface area contributed by atoms with Crippen molar-refractivity contribution in [1.82, 2.24) is 5.32 Å². The molecule has 0 heterocycles. The lowest BCUT2D eigenvalue weighted by atomic mass is 10.1. The third-order valence-electron chi connectivity index (χ3n) is 2.16. The Bertz CT molecular complexity index is 446. The van der Waals surface area contributed by atoms with Crippen LogP contribution in [0, 0.1) is 0 Å². The largest absolute Gasteiger partial charge is 0.489 e. The smallest absolute Gasteiger partial charge is 0.189 e. The predicted molar refractivity (Wildman–Crippen MR) is 96.3 cm³/mol. The molecule has 0 amide bonds. The molecular weight excluding hydrogens is 389 g/mol. The minimum absolute atomic E-state index is 0. The fraction of sp³-hybridized carbons (Fsp3) is 0.500. The van der Waals surface area contributed by atoms with Crippen molar-refractivity contribution in [2.24, 2.45) is 10.7 Å². The molecule has 0 bridgehead atoms. The number of aliphatic imine (C=N–C) groups is 1. The zero-order chi connectivity index (χ0) is 14.5. The highest BCUT2D eigenvalue weighted by atomic mass is 127. The molecule has 1 aromatic rings. The maximum Gasteiger partial charge on any atom is 0.189 e. The second-order valence-electron chi connectivity index (χ2n) is 5.49. The van der Waals surface area contributed by atoms with Gasteiger partial charge in [-0.05, 0) is 45.9 Å². The molecule has 3 N–H and O–H groups in total. The van der Waals surface area contributed by atoms with Crippen LogP contribution in [0.4, 0.5) is 0 Å². The fourth-order valence-corrected chi connectivity index (χ4v) is 1.64. The Morgan fingerprint density at radius 3 is 2.65 bits per heavy atom. The second-order valence-corrected chi connectivity index (χ2v) is 5.92. The molecule has 1 atom stereocenters. The molecule has 114 valence electrons. The quantitative estimate of drug-likeness (QED) is 0.453. The number of rotatable bonds is 4. The fourth-order valence-electron chi connectivity index (χ4n) is 1.46. The SMILES string of the molecule is CC(CN=C(N)NC(C)(C)C)Oc1cccc(Cl)c1.I. The molecule has 0 saturated heterocycles. The molecule has 6 heteroatoms. The Labute approximate surface area is 143 Å². The summed E-state index contributed by atoms with van der Waals surface area (Å²) >= 11 is 5.89. The van der Waals surface area contributed by atoms with E-state index in [0.717, 1.165) is 5.75 Å².